The molecule has 1 heterocycles. The number of aliphatic carboxylic acids is 1. The molecule has 0 aromatic carbocycles. The van der Waals surface area contributed by atoms with Crippen molar-refractivity contribution < 1.29 is 52.7 Å². The Morgan fingerprint density at radius 3 is 2.21 bits per heavy atom. The largest absolute Gasteiger partial charge is 1.00 e. The average Bonchev–Trinajstić information content (AvgIpc) is 2.04. The van der Waals surface area contributed by atoms with Crippen LogP contribution in [0.25, 0.3) is 0 Å². The second-order valence-electron chi connectivity index (χ2n) is 2.92. The number of carbonyl (C=O) groups excluding carboxylic acids is 1. The first kappa shape index (κ1) is 16.4. The number of carbonyl (C=O) groups is 1. The van der Waals surface area contributed by atoms with Gasteiger partial charge in [0.25, 0.3) is 0 Å². The van der Waals surface area contributed by atoms with E-state index >= 15 is 0 Å². The van der Waals surface area contributed by atoms with Crippen LogP contribution in [0.5, 0.6) is 0 Å². The van der Waals surface area contributed by atoms with Crippen molar-refractivity contribution in [3.63, 3.8) is 0 Å². The Balaban J connectivity index is 0. The maximum atomic E-state index is 10.8. The second kappa shape index (κ2) is 7.32. The summed E-state index contributed by atoms with van der Waals surface area (Å²) in [6.45, 7) is 3.68. The predicted molar refractivity (Wildman–Crippen MR) is 38.5 cm³/mol. The molecule has 1 rings (SSSR count). The van der Waals surface area contributed by atoms with E-state index in [-0.39, 0.29) is 37.7 Å². The van der Waals surface area contributed by atoms with Gasteiger partial charge < -0.3 is 19.9 Å². The topological polar surface area (TPSA) is 66.4 Å². The molecule has 6 heteroatoms. The molecule has 68 valence electrons. The zero-order valence-electron chi connectivity index (χ0n) is 8.78. The van der Waals surface area contributed by atoms with Crippen molar-refractivity contribution in [3.05, 3.63) is 12.5 Å². The fraction of sp³-hybridized carbons (Fsp3) is 0.625. The molecule has 0 amide bonds. The first-order valence-corrected chi connectivity index (χ1v) is 3.96. The van der Waals surface area contributed by atoms with Crippen LogP contribution in [0.2, 0.25) is 0 Å². The summed E-state index contributed by atoms with van der Waals surface area (Å²) in [7, 11) is 0. The van der Waals surface area contributed by atoms with Gasteiger partial charge in [-0.2, -0.15) is 0 Å². The van der Waals surface area contributed by atoms with Gasteiger partial charge in [-0.25, -0.2) is 0 Å². The van der Waals surface area contributed by atoms with Crippen molar-refractivity contribution in [2.75, 3.05) is 6.54 Å². The molecule has 1 atom stereocenters. The number of rotatable bonds is 2. The Labute approximate surface area is 108 Å². The summed E-state index contributed by atoms with van der Waals surface area (Å²) in [5, 5.41) is 21.4. The van der Waals surface area contributed by atoms with Gasteiger partial charge in [0.2, 0.25) is 0 Å². The number of carboxylic acids is 1. The Kier molecular flexibility index (Phi) is 8.59. The van der Waals surface area contributed by atoms with Crippen molar-refractivity contribution in [2.45, 2.75) is 25.3 Å². The SMILES string of the molecule is C=C([O-])N1CCCC[C@H]1C(=O)[O-].[Li+].[Li+]. The van der Waals surface area contributed by atoms with Crippen molar-refractivity contribution in [2.24, 2.45) is 0 Å². The van der Waals surface area contributed by atoms with Crippen molar-refractivity contribution in [1.82, 2.24) is 4.90 Å². The fourth-order valence-electron chi connectivity index (χ4n) is 1.48. The van der Waals surface area contributed by atoms with Gasteiger partial charge >= 0.3 is 37.7 Å². The van der Waals surface area contributed by atoms with E-state index in [1.54, 1.807) is 0 Å². The maximum absolute atomic E-state index is 10.8. The molecule has 1 aliphatic rings. The third-order valence-corrected chi connectivity index (χ3v) is 2.10. The summed E-state index contributed by atoms with van der Waals surface area (Å²) in [6, 6.07) is -0.760. The van der Waals surface area contributed by atoms with Gasteiger partial charge in [-0.1, -0.05) is 6.58 Å². The van der Waals surface area contributed by atoms with Crippen molar-refractivity contribution in [3.8, 4) is 0 Å². The molecule has 0 aliphatic carbocycles. The molecule has 0 unspecified atom stereocenters. The third kappa shape index (κ3) is 4.03. The van der Waals surface area contributed by atoms with Crippen LogP contribution in [0.1, 0.15) is 19.3 Å². The Morgan fingerprint density at radius 2 is 1.86 bits per heavy atom. The van der Waals surface area contributed by atoms with Crippen LogP contribution in [-0.4, -0.2) is 23.5 Å². The van der Waals surface area contributed by atoms with E-state index in [0.717, 1.165) is 12.8 Å². The normalized spacial score (nSPS) is 20.3. The zero-order chi connectivity index (χ0) is 9.14. The average molecular weight is 183 g/mol. The predicted octanol–water partition coefficient (Wildman–Crippen LogP) is -7.57. The van der Waals surface area contributed by atoms with E-state index < -0.39 is 17.9 Å². The number of likely N-dealkylation sites (tertiary alicyclic amines) is 1. The first-order chi connectivity index (χ1) is 5.63. The van der Waals surface area contributed by atoms with Gasteiger partial charge in [-0.3, -0.25) is 0 Å². The van der Waals surface area contributed by atoms with E-state index in [1.807, 2.05) is 0 Å². The second-order valence-corrected chi connectivity index (χ2v) is 2.92. The molecule has 14 heavy (non-hydrogen) atoms. The maximum Gasteiger partial charge on any atom is 1.00 e. The Hall–Kier alpha value is 0.00481. The van der Waals surface area contributed by atoms with E-state index in [4.69, 9.17) is 0 Å². The minimum atomic E-state index is -1.17. The fourth-order valence-corrected chi connectivity index (χ4v) is 1.48. The summed E-state index contributed by atoms with van der Waals surface area (Å²) in [6.07, 6.45) is 2.18. The summed E-state index contributed by atoms with van der Waals surface area (Å²) >= 11 is 0. The molecule has 4 nitrogen and oxygen atoms in total. The molecule has 1 aliphatic heterocycles. The monoisotopic (exact) mass is 183 g/mol. The molecule has 0 radical (unpaired) electrons. The number of nitrogens with zero attached hydrogens (tertiary/aromatic N) is 1. The van der Waals surface area contributed by atoms with Gasteiger partial charge in [-0.05, 0) is 25.1 Å². The first-order valence-electron chi connectivity index (χ1n) is 3.96. The molecule has 0 spiro atoms. The van der Waals surface area contributed by atoms with Crippen LogP contribution in [0.15, 0.2) is 12.5 Å². The molecular formula is C8H11Li2NO3. The quantitative estimate of drug-likeness (QED) is 0.315. The smallest absolute Gasteiger partial charge is 0.861 e. The van der Waals surface area contributed by atoms with Gasteiger partial charge in [0.05, 0.1) is 12.0 Å². The van der Waals surface area contributed by atoms with Gasteiger partial charge in [-0.15, -0.1) is 0 Å². The molecule has 0 aromatic heterocycles. The van der Waals surface area contributed by atoms with Gasteiger partial charge in [0.15, 0.2) is 0 Å². The number of hydrogen-bond acceptors (Lipinski definition) is 4. The summed E-state index contributed by atoms with van der Waals surface area (Å²) in [5.41, 5.74) is 0. The molecule has 1 fully saturated rings. The minimum Gasteiger partial charge on any atom is -0.861 e. The zero-order valence-corrected chi connectivity index (χ0v) is 8.78. The molecule has 0 bridgehead atoms. The van der Waals surface area contributed by atoms with E-state index in [9.17, 15) is 15.0 Å². The van der Waals surface area contributed by atoms with Crippen LogP contribution < -0.4 is 47.9 Å². The molecule has 0 saturated carbocycles. The molecular weight excluding hydrogens is 172 g/mol. The van der Waals surface area contributed by atoms with E-state index in [1.165, 1.54) is 4.90 Å². The molecule has 0 aromatic rings. The van der Waals surface area contributed by atoms with Crippen LogP contribution >= 0.6 is 0 Å². The van der Waals surface area contributed by atoms with Gasteiger partial charge in [0.1, 0.15) is 0 Å². The molecule has 1 saturated heterocycles. The summed E-state index contributed by atoms with van der Waals surface area (Å²) in [4.78, 5) is 11.8. The van der Waals surface area contributed by atoms with Crippen molar-refractivity contribution >= 4 is 5.97 Å². The van der Waals surface area contributed by atoms with Crippen LogP contribution in [0.4, 0.5) is 0 Å². The van der Waals surface area contributed by atoms with Crippen LogP contribution in [0, 0.1) is 0 Å². The van der Waals surface area contributed by atoms with Crippen LogP contribution in [-0.2, 0) is 4.79 Å². The van der Waals surface area contributed by atoms with Gasteiger partial charge in [0, 0.05) is 6.54 Å². The van der Waals surface area contributed by atoms with Crippen molar-refractivity contribution in [1.29, 1.82) is 0 Å². The summed E-state index contributed by atoms with van der Waals surface area (Å²) in [5.74, 6) is -1.60. The third-order valence-electron chi connectivity index (χ3n) is 2.10. The standard InChI is InChI=1S/C8H13NO3.2Li/c1-6(10)9-5-3-2-4-7(9)8(11)12;;/h7,10H,1-5H2,(H,11,12);;/q;2*+1/p-2/t7-;;/m0../s1. The van der Waals surface area contributed by atoms with E-state index in [2.05, 4.69) is 6.58 Å². The summed E-state index contributed by atoms with van der Waals surface area (Å²) < 4.78 is 0. The number of hydrogen-bond donors (Lipinski definition) is 0. The Morgan fingerprint density at radius 1 is 1.29 bits per heavy atom. The number of carboxylic acid groups (broad SMARTS) is 1. The Bertz CT molecular complexity index is 189. The molecule has 0 N–H and O–H groups in total. The van der Waals surface area contributed by atoms with Crippen LogP contribution in [0.3, 0.4) is 0 Å². The minimum absolute atomic E-state index is 0. The van der Waals surface area contributed by atoms with E-state index in [0.29, 0.717) is 13.0 Å². The number of piperidine rings is 1.